The topological polar surface area (TPSA) is 61.2 Å². The van der Waals surface area contributed by atoms with Gasteiger partial charge < -0.3 is 4.74 Å². The van der Waals surface area contributed by atoms with Crippen molar-refractivity contribution in [2.75, 3.05) is 33.4 Å². The zero-order chi connectivity index (χ0) is 12.2. The second-order valence-electron chi connectivity index (χ2n) is 3.81. The molecule has 0 aliphatic carbocycles. The number of rotatable bonds is 10. The summed E-state index contributed by atoms with van der Waals surface area (Å²) in [4.78, 5) is 5.19. The standard InChI is InChI=1S/C11H24N4O/c1-4-11(5-2)15(9-10-16-3)8-6-7-13-14-12/h11H,4-10H2,1-3H3. The molecule has 0 aromatic heterocycles. The highest BCUT2D eigenvalue weighted by atomic mass is 16.5. The van der Waals surface area contributed by atoms with Gasteiger partial charge in [-0.1, -0.05) is 19.0 Å². The maximum absolute atomic E-state index is 8.20. The summed E-state index contributed by atoms with van der Waals surface area (Å²) in [6, 6.07) is 0.612. The van der Waals surface area contributed by atoms with E-state index in [1.54, 1.807) is 7.11 Å². The van der Waals surface area contributed by atoms with Crippen LogP contribution >= 0.6 is 0 Å². The van der Waals surface area contributed by atoms with Gasteiger partial charge in [0, 0.05) is 31.2 Å². The fraction of sp³-hybridized carbons (Fsp3) is 1.00. The molecule has 0 aromatic rings. The van der Waals surface area contributed by atoms with E-state index in [-0.39, 0.29) is 0 Å². The minimum Gasteiger partial charge on any atom is -0.383 e. The van der Waals surface area contributed by atoms with Gasteiger partial charge in [-0.05, 0) is 31.3 Å². The van der Waals surface area contributed by atoms with Crippen molar-refractivity contribution in [3.8, 4) is 0 Å². The molecule has 5 heteroatoms. The maximum Gasteiger partial charge on any atom is 0.0589 e. The zero-order valence-electron chi connectivity index (χ0n) is 10.7. The third-order valence-corrected chi connectivity index (χ3v) is 2.81. The molecule has 0 atom stereocenters. The Morgan fingerprint density at radius 2 is 2.00 bits per heavy atom. The van der Waals surface area contributed by atoms with Crippen LogP contribution in [0.15, 0.2) is 5.11 Å². The average Bonchev–Trinajstić information content (AvgIpc) is 2.31. The van der Waals surface area contributed by atoms with Crippen LogP contribution < -0.4 is 0 Å². The van der Waals surface area contributed by atoms with Crippen molar-refractivity contribution in [2.24, 2.45) is 5.11 Å². The Morgan fingerprint density at radius 1 is 1.31 bits per heavy atom. The Labute approximate surface area is 98.4 Å². The summed E-state index contributed by atoms with van der Waals surface area (Å²) in [6.45, 7) is 7.70. The van der Waals surface area contributed by atoms with Crippen LogP contribution in [0.1, 0.15) is 33.1 Å². The van der Waals surface area contributed by atoms with E-state index in [0.717, 1.165) is 39.0 Å². The molecular weight excluding hydrogens is 204 g/mol. The van der Waals surface area contributed by atoms with Crippen LogP contribution in [0, 0.1) is 0 Å². The van der Waals surface area contributed by atoms with Crippen molar-refractivity contribution in [1.82, 2.24) is 4.90 Å². The molecule has 0 saturated heterocycles. The molecule has 0 fully saturated rings. The predicted octanol–water partition coefficient (Wildman–Crippen LogP) is 2.82. The number of methoxy groups -OCH3 is 1. The van der Waals surface area contributed by atoms with Crippen molar-refractivity contribution in [3.63, 3.8) is 0 Å². The van der Waals surface area contributed by atoms with E-state index in [9.17, 15) is 0 Å². The van der Waals surface area contributed by atoms with Crippen LogP contribution in [0.5, 0.6) is 0 Å². The van der Waals surface area contributed by atoms with Gasteiger partial charge in [-0.15, -0.1) is 0 Å². The van der Waals surface area contributed by atoms with Crippen molar-refractivity contribution in [3.05, 3.63) is 10.4 Å². The molecule has 0 N–H and O–H groups in total. The second kappa shape index (κ2) is 10.7. The Bertz CT molecular complexity index is 200. The van der Waals surface area contributed by atoms with Gasteiger partial charge in [0.1, 0.15) is 0 Å². The predicted molar refractivity (Wildman–Crippen MR) is 66.4 cm³/mol. The van der Waals surface area contributed by atoms with E-state index in [2.05, 4.69) is 28.8 Å². The van der Waals surface area contributed by atoms with Crippen molar-refractivity contribution >= 4 is 0 Å². The van der Waals surface area contributed by atoms with Crippen molar-refractivity contribution in [1.29, 1.82) is 0 Å². The molecule has 0 heterocycles. The molecule has 0 aliphatic rings. The summed E-state index contributed by atoms with van der Waals surface area (Å²) in [7, 11) is 1.73. The zero-order valence-corrected chi connectivity index (χ0v) is 10.7. The smallest absolute Gasteiger partial charge is 0.0589 e. The Balaban J connectivity index is 4.01. The molecule has 0 bridgehead atoms. The fourth-order valence-corrected chi connectivity index (χ4v) is 1.88. The monoisotopic (exact) mass is 228 g/mol. The third-order valence-electron chi connectivity index (χ3n) is 2.81. The number of nitrogens with zero attached hydrogens (tertiary/aromatic N) is 4. The van der Waals surface area contributed by atoms with E-state index in [1.165, 1.54) is 0 Å². The number of azide groups is 1. The van der Waals surface area contributed by atoms with Gasteiger partial charge >= 0.3 is 0 Å². The highest BCUT2D eigenvalue weighted by Gasteiger charge is 2.13. The average molecular weight is 228 g/mol. The minimum absolute atomic E-state index is 0.583. The first kappa shape index (κ1) is 15.2. The molecule has 0 aromatic carbocycles. The van der Waals surface area contributed by atoms with Gasteiger partial charge in [0.15, 0.2) is 0 Å². The first-order valence-electron chi connectivity index (χ1n) is 6.03. The van der Waals surface area contributed by atoms with E-state index in [0.29, 0.717) is 12.6 Å². The normalized spacial score (nSPS) is 10.8. The Morgan fingerprint density at radius 3 is 2.50 bits per heavy atom. The highest BCUT2D eigenvalue weighted by Crippen LogP contribution is 2.09. The molecule has 0 radical (unpaired) electrons. The molecule has 0 rings (SSSR count). The van der Waals surface area contributed by atoms with Crippen molar-refractivity contribution < 1.29 is 4.74 Å². The van der Waals surface area contributed by atoms with E-state index in [1.807, 2.05) is 0 Å². The lowest BCUT2D eigenvalue weighted by Gasteiger charge is -2.30. The number of ether oxygens (including phenoxy) is 1. The largest absolute Gasteiger partial charge is 0.383 e. The summed E-state index contributed by atoms with van der Waals surface area (Å²) in [5, 5.41) is 3.56. The molecule has 0 unspecified atom stereocenters. The van der Waals surface area contributed by atoms with E-state index in [4.69, 9.17) is 10.3 Å². The molecule has 0 saturated carbocycles. The van der Waals surface area contributed by atoms with Crippen LogP contribution in [0.4, 0.5) is 0 Å². The summed E-state index contributed by atoms with van der Waals surface area (Å²) in [6.07, 6.45) is 3.23. The lowest BCUT2D eigenvalue weighted by Crippen LogP contribution is -2.37. The third kappa shape index (κ3) is 6.67. The quantitative estimate of drug-likeness (QED) is 0.250. The fourth-order valence-electron chi connectivity index (χ4n) is 1.88. The van der Waals surface area contributed by atoms with Crippen LogP contribution in [0.2, 0.25) is 0 Å². The summed E-state index contributed by atoms with van der Waals surface area (Å²) in [5.74, 6) is 0. The van der Waals surface area contributed by atoms with Gasteiger partial charge in [0.2, 0.25) is 0 Å². The van der Waals surface area contributed by atoms with Crippen molar-refractivity contribution in [2.45, 2.75) is 39.2 Å². The van der Waals surface area contributed by atoms with Gasteiger partial charge in [-0.2, -0.15) is 0 Å². The summed E-state index contributed by atoms with van der Waals surface area (Å²) < 4.78 is 5.12. The summed E-state index contributed by atoms with van der Waals surface area (Å²) in [5.41, 5.74) is 8.20. The Kier molecular flexibility index (Phi) is 10.2. The lowest BCUT2D eigenvalue weighted by atomic mass is 10.1. The van der Waals surface area contributed by atoms with Crippen LogP contribution in [-0.2, 0) is 4.74 Å². The van der Waals surface area contributed by atoms with E-state index >= 15 is 0 Å². The Hall–Kier alpha value is -0.770. The minimum atomic E-state index is 0.583. The molecular formula is C11H24N4O. The number of hydrogen-bond donors (Lipinski definition) is 0. The molecule has 5 nitrogen and oxygen atoms in total. The first-order valence-corrected chi connectivity index (χ1v) is 6.03. The van der Waals surface area contributed by atoms with Gasteiger partial charge in [0.05, 0.1) is 6.61 Å². The molecule has 0 aliphatic heterocycles. The van der Waals surface area contributed by atoms with E-state index < -0.39 is 0 Å². The second-order valence-corrected chi connectivity index (χ2v) is 3.81. The SMILES string of the molecule is CCC(CC)N(CCCN=[N+]=[N-])CCOC. The molecule has 16 heavy (non-hydrogen) atoms. The van der Waals surface area contributed by atoms with Gasteiger partial charge in [-0.3, -0.25) is 4.90 Å². The first-order chi connectivity index (χ1) is 7.79. The molecule has 0 spiro atoms. The van der Waals surface area contributed by atoms with Crippen LogP contribution in [0.3, 0.4) is 0 Å². The molecule has 0 amide bonds. The highest BCUT2D eigenvalue weighted by molar-refractivity contribution is 4.69. The van der Waals surface area contributed by atoms with Crippen LogP contribution in [0.25, 0.3) is 10.4 Å². The number of hydrogen-bond acceptors (Lipinski definition) is 3. The summed E-state index contributed by atoms with van der Waals surface area (Å²) >= 11 is 0. The van der Waals surface area contributed by atoms with Crippen LogP contribution in [-0.4, -0.2) is 44.3 Å². The maximum atomic E-state index is 8.20. The van der Waals surface area contributed by atoms with Gasteiger partial charge in [-0.25, -0.2) is 0 Å². The van der Waals surface area contributed by atoms with Gasteiger partial charge in [0.25, 0.3) is 0 Å². The molecule has 94 valence electrons. The lowest BCUT2D eigenvalue weighted by molar-refractivity contribution is 0.115.